The van der Waals surface area contributed by atoms with Gasteiger partial charge in [0.1, 0.15) is 11.6 Å². The summed E-state index contributed by atoms with van der Waals surface area (Å²) < 4.78 is 25.9. The Morgan fingerprint density at radius 3 is 2.65 bits per heavy atom. The number of halogens is 1. The zero-order chi connectivity index (χ0) is 23.5. The van der Waals surface area contributed by atoms with Crippen molar-refractivity contribution in [3.63, 3.8) is 0 Å². The number of hydrogen-bond acceptors (Lipinski definition) is 6. The standard InChI is InChI=1S/C27H35FN4O2/c1-31(2)16-22-26(33-18-20-5-6-20)10-8-21-24(30-34-27(21)22)9-7-19-11-14-32(15-12-19)17-25-23(28)4-3-13-29-25/h3-4,8,10,13,19-20H,5-7,9,11-12,14-18H2,1-2H3. The van der Waals surface area contributed by atoms with Crippen LogP contribution in [0.1, 0.15) is 49.1 Å². The first-order valence-corrected chi connectivity index (χ1v) is 12.6. The molecule has 5 rings (SSSR count). The van der Waals surface area contributed by atoms with Gasteiger partial charge in [-0.1, -0.05) is 5.16 Å². The molecule has 1 saturated heterocycles. The Balaban J connectivity index is 1.19. The highest BCUT2D eigenvalue weighted by atomic mass is 19.1. The first-order chi connectivity index (χ1) is 16.6. The fourth-order valence-electron chi connectivity index (χ4n) is 4.89. The predicted octanol–water partition coefficient (Wildman–Crippen LogP) is 5.06. The van der Waals surface area contributed by atoms with E-state index in [0.717, 1.165) is 79.9 Å². The molecule has 0 spiro atoms. The molecule has 2 aliphatic rings. The van der Waals surface area contributed by atoms with Gasteiger partial charge in [0.05, 0.1) is 23.6 Å². The van der Waals surface area contributed by atoms with Gasteiger partial charge in [-0.2, -0.15) is 0 Å². The van der Waals surface area contributed by atoms with E-state index >= 15 is 0 Å². The average molecular weight is 467 g/mol. The zero-order valence-corrected chi connectivity index (χ0v) is 20.3. The minimum absolute atomic E-state index is 0.211. The SMILES string of the molecule is CN(C)Cc1c(OCC2CC2)ccc2c(CCC3CCN(Cc4ncccc4F)CC3)noc12. The van der Waals surface area contributed by atoms with Crippen LogP contribution in [0.5, 0.6) is 5.75 Å². The highest BCUT2D eigenvalue weighted by Crippen LogP contribution is 2.35. The normalized spacial score (nSPS) is 17.6. The molecule has 6 nitrogen and oxygen atoms in total. The number of piperidine rings is 1. The van der Waals surface area contributed by atoms with Crippen molar-refractivity contribution in [2.75, 3.05) is 33.8 Å². The second-order valence-corrected chi connectivity index (χ2v) is 10.2. The molecule has 182 valence electrons. The Kier molecular flexibility index (Phi) is 7.11. The number of hydrogen-bond donors (Lipinski definition) is 0. The van der Waals surface area contributed by atoms with Crippen molar-refractivity contribution in [1.82, 2.24) is 19.9 Å². The Bertz CT molecular complexity index is 1100. The van der Waals surface area contributed by atoms with Crippen molar-refractivity contribution in [1.29, 1.82) is 0 Å². The third kappa shape index (κ3) is 5.58. The van der Waals surface area contributed by atoms with Gasteiger partial charge in [-0.15, -0.1) is 0 Å². The lowest BCUT2D eigenvalue weighted by Crippen LogP contribution is -2.33. The molecule has 0 atom stereocenters. The number of benzene rings is 1. The molecule has 1 saturated carbocycles. The van der Waals surface area contributed by atoms with Crippen LogP contribution in [0.15, 0.2) is 35.0 Å². The molecule has 34 heavy (non-hydrogen) atoms. The molecular formula is C27H35FN4O2. The summed E-state index contributed by atoms with van der Waals surface area (Å²) >= 11 is 0. The average Bonchev–Trinajstić information content (AvgIpc) is 3.57. The molecular weight excluding hydrogens is 431 g/mol. The number of aromatic nitrogens is 2. The summed E-state index contributed by atoms with van der Waals surface area (Å²) in [5, 5.41) is 5.58. The van der Waals surface area contributed by atoms with Gasteiger partial charge >= 0.3 is 0 Å². The number of pyridine rings is 1. The molecule has 0 radical (unpaired) electrons. The van der Waals surface area contributed by atoms with Crippen LogP contribution in [0.4, 0.5) is 4.39 Å². The largest absolute Gasteiger partial charge is 0.493 e. The fourth-order valence-corrected chi connectivity index (χ4v) is 4.89. The van der Waals surface area contributed by atoms with Crippen LogP contribution >= 0.6 is 0 Å². The van der Waals surface area contributed by atoms with E-state index in [1.165, 1.54) is 18.9 Å². The molecule has 0 unspecified atom stereocenters. The fraction of sp³-hybridized carbons (Fsp3) is 0.556. The molecule has 3 aromatic rings. The van der Waals surface area contributed by atoms with Crippen LogP contribution in [-0.2, 0) is 19.5 Å². The van der Waals surface area contributed by atoms with Gasteiger partial charge in [0.25, 0.3) is 0 Å². The maximum absolute atomic E-state index is 13.9. The van der Waals surface area contributed by atoms with Gasteiger partial charge in [0.2, 0.25) is 0 Å². The third-order valence-electron chi connectivity index (χ3n) is 7.13. The van der Waals surface area contributed by atoms with E-state index in [0.29, 0.717) is 24.1 Å². The van der Waals surface area contributed by atoms with Crippen LogP contribution in [0.3, 0.4) is 0 Å². The Morgan fingerprint density at radius 2 is 1.91 bits per heavy atom. The topological polar surface area (TPSA) is 54.6 Å². The lowest BCUT2D eigenvalue weighted by molar-refractivity contribution is 0.168. The smallest absolute Gasteiger partial charge is 0.175 e. The van der Waals surface area contributed by atoms with E-state index in [-0.39, 0.29) is 5.82 Å². The number of rotatable bonds is 10. The summed E-state index contributed by atoms with van der Waals surface area (Å²) in [6, 6.07) is 7.35. The molecule has 0 bridgehead atoms. The van der Waals surface area contributed by atoms with Crippen molar-refractivity contribution in [3.05, 3.63) is 53.2 Å². The molecule has 2 fully saturated rings. The molecule has 1 aliphatic heterocycles. The van der Waals surface area contributed by atoms with E-state index in [1.807, 2.05) is 0 Å². The van der Waals surface area contributed by atoms with Crippen molar-refractivity contribution < 1.29 is 13.7 Å². The molecule has 1 aliphatic carbocycles. The van der Waals surface area contributed by atoms with E-state index in [4.69, 9.17) is 9.26 Å². The summed E-state index contributed by atoms with van der Waals surface area (Å²) in [5.74, 6) is 2.08. The van der Waals surface area contributed by atoms with Gasteiger partial charge in [0.15, 0.2) is 5.58 Å². The monoisotopic (exact) mass is 466 g/mol. The molecule has 2 aromatic heterocycles. The molecule has 0 amide bonds. The highest BCUT2D eigenvalue weighted by molar-refractivity contribution is 5.84. The van der Waals surface area contributed by atoms with E-state index in [1.54, 1.807) is 12.3 Å². The zero-order valence-electron chi connectivity index (χ0n) is 20.3. The van der Waals surface area contributed by atoms with Crippen LogP contribution in [0.25, 0.3) is 11.0 Å². The van der Waals surface area contributed by atoms with E-state index in [9.17, 15) is 4.39 Å². The van der Waals surface area contributed by atoms with Gasteiger partial charge in [0, 0.05) is 24.7 Å². The van der Waals surface area contributed by atoms with Gasteiger partial charge < -0.3 is 14.2 Å². The highest BCUT2D eigenvalue weighted by Gasteiger charge is 2.25. The second-order valence-electron chi connectivity index (χ2n) is 10.2. The maximum atomic E-state index is 13.9. The maximum Gasteiger partial charge on any atom is 0.175 e. The van der Waals surface area contributed by atoms with Crippen molar-refractivity contribution in [2.24, 2.45) is 11.8 Å². The lowest BCUT2D eigenvalue weighted by atomic mass is 9.91. The van der Waals surface area contributed by atoms with Crippen LogP contribution in [0, 0.1) is 17.7 Å². The Morgan fingerprint density at radius 1 is 1.09 bits per heavy atom. The summed E-state index contributed by atoms with van der Waals surface area (Å²) in [5.41, 5.74) is 3.55. The minimum atomic E-state index is -0.211. The summed E-state index contributed by atoms with van der Waals surface area (Å²) in [6.45, 7) is 4.11. The predicted molar refractivity (Wildman–Crippen MR) is 130 cm³/mol. The van der Waals surface area contributed by atoms with Crippen LogP contribution < -0.4 is 4.74 Å². The van der Waals surface area contributed by atoms with Gasteiger partial charge in [-0.25, -0.2) is 4.39 Å². The first kappa shape index (κ1) is 23.2. The minimum Gasteiger partial charge on any atom is -0.493 e. The summed E-state index contributed by atoms with van der Waals surface area (Å²) in [4.78, 5) is 8.65. The van der Waals surface area contributed by atoms with Crippen LogP contribution in [-0.4, -0.2) is 53.7 Å². The number of fused-ring (bicyclic) bond motifs is 1. The third-order valence-corrected chi connectivity index (χ3v) is 7.13. The first-order valence-electron chi connectivity index (χ1n) is 12.6. The number of ether oxygens (including phenoxy) is 1. The summed E-state index contributed by atoms with van der Waals surface area (Å²) in [6.07, 6.45) is 8.46. The quantitative estimate of drug-likeness (QED) is 0.416. The molecule has 7 heteroatoms. The Hall–Kier alpha value is -2.51. The van der Waals surface area contributed by atoms with Crippen molar-refractivity contribution >= 4 is 11.0 Å². The second kappa shape index (κ2) is 10.4. The summed E-state index contributed by atoms with van der Waals surface area (Å²) in [7, 11) is 4.13. The molecule has 3 heterocycles. The number of aryl methyl sites for hydroxylation is 1. The van der Waals surface area contributed by atoms with Crippen LogP contribution in [0.2, 0.25) is 0 Å². The molecule has 0 N–H and O–H groups in total. The van der Waals surface area contributed by atoms with Gasteiger partial charge in [-0.3, -0.25) is 9.88 Å². The Labute approximate surface area is 201 Å². The lowest BCUT2D eigenvalue weighted by Gasteiger charge is -2.31. The van der Waals surface area contributed by atoms with Crippen molar-refractivity contribution in [3.8, 4) is 5.75 Å². The number of nitrogens with zero attached hydrogens (tertiary/aromatic N) is 4. The van der Waals surface area contributed by atoms with E-state index in [2.05, 4.69) is 46.2 Å². The molecule has 1 aromatic carbocycles. The van der Waals surface area contributed by atoms with Gasteiger partial charge in [-0.05, 0) is 102 Å². The number of likely N-dealkylation sites (tertiary alicyclic amines) is 1. The van der Waals surface area contributed by atoms with Crippen molar-refractivity contribution in [2.45, 2.75) is 51.6 Å². The van der Waals surface area contributed by atoms with E-state index < -0.39 is 0 Å².